The van der Waals surface area contributed by atoms with Crippen molar-refractivity contribution in [2.45, 2.75) is 26.3 Å². The Kier molecular flexibility index (Phi) is 5.89. The van der Waals surface area contributed by atoms with E-state index in [1.165, 1.54) is 24.9 Å². The van der Waals surface area contributed by atoms with Crippen molar-refractivity contribution in [2.75, 3.05) is 32.7 Å². The van der Waals surface area contributed by atoms with Crippen molar-refractivity contribution in [3.63, 3.8) is 0 Å². The van der Waals surface area contributed by atoms with E-state index in [0.29, 0.717) is 0 Å². The standard InChI is InChI=1S/C16H25N3/c1-2-3-10-18(12-13-19-11-9-17-15-19)14-16-7-5-4-6-8-16/h4-8,15H,2-3,9-14H2,1H3. The first-order valence-corrected chi connectivity index (χ1v) is 7.39. The molecule has 0 N–H and O–H groups in total. The summed E-state index contributed by atoms with van der Waals surface area (Å²) in [5, 5.41) is 0. The smallest absolute Gasteiger partial charge is 0.0851 e. The van der Waals surface area contributed by atoms with Gasteiger partial charge in [-0.2, -0.15) is 0 Å². The van der Waals surface area contributed by atoms with Crippen LogP contribution in [0.3, 0.4) is 0 Å². The van der Waals surface area contributed by atoms with E-state index in [2.05, 4.69) is 52.0 Å². The van der Waals surface area contributed by atoms with E-state index in [1.54, 1.807) is 0 Å². The summed E-state index contributed by atoms with van der Waals surface area (Å²) in [7, 11) is 0. The molecule has 0 aromatic heterocycles. The molecule has 3 nitrogen and oxygen atoms in total. The molecule has 0 spiro atoms. The van der Waals surface area contributed by atoms with E-state index in [0.717, 1.165) is 32.7 Å². The van der Waals surface area contributed by atoms with Crippen molar-refractivity contribution in [2.24, 2.45) is 4.99 Å². The van der Waals surface area contributed by atoms with E-state index < -0.39 is 0 Å². The number of hydrogen-bond donors (Lipinski definition) is 0. The third-order valence-corrected chi connectivity index (χ3v) is 3.54. The van der Waals surface area contributed by atoms with E-state index in [1.807, 2.05) is 6.34 Å². The van der Waals surface area contributed by atoms with Crippen LogP contribution in [0.4, 0.5) is 0 Å². The van der Waals surface area contributed by atoms with E-state index in [4.69, 9.17) is 0 Å². The highest BCUT2D eigenvalue weighted by Gasteiger charge is 2.09. The molecule has 1 aliphatic heterocycles. The highest BCUT2D eigenvalue weighted by atomic mass is 15.2. The fourth-order valence-corrected chi connectivity index (χ4v) is 2.35. The molecular weight excluding hydrogens is 234 g/mol. The van der Waals surface area contributed by atoms with Crippen molar-refractivity contribution in [3.8, 4) is 0 Å². The molecule has 1 aromatic rings. The number of aliphatic imine (C=N–C) groups is 1. The quantitative estimate of drug-likeness (QED) is 0.714. The van der Waals surface area contributed by atoms with Crippen LogP contribution in [-0.2, 0) is 6.54 Å². The second-order valence-electron chi connectivity index (χ2n) is 5.17. The molecule has 104 valence electrons. The molecule has 0 saturated carbocycles. The molecule has 1 aromatic carbocycles. The van der Waals surface area contributed by atoms with Crippen LogP contribution in [0, 0.1) is 0 Å². The summed E-state index contributed by atoms with van der Waals surface area (Å²) < 4.78 is 0. The second-order valence-corrected chi connectivity index (χ2v) is 5.17. The van der Waals surface area contributed by atoms with Crippen LogP contribution in [-0.4, -0.2) is 48.9 Å². The fourth-order valence-electron chi connectivity index (χ4n) is 2.35. The zero-order valence-corrected chi connectivity index (χ0v) is 12.0. The van der Waals surface area contributed by atoms with Gasteiger partial charge in [-0.3, -0.25) is 9.89 Å². The minimum Gasteiger partial charge on any atom is -0.360 e. The molecule has 0 atom stereocenters. The zero-order chi connectivity index (χ0) is 13.3. The fraction of sp³-hybridized carbons (Fsp3) is 0.562. The predicted octanol–water partition coefficient (Wildman–Crippen LogP) is 2.63. The lowest BCUT2D eigenvalue weighted by molar-refractivity contribution is 0.241. The molecule has 3 heteroatoms. The van der Waals surface area contributed by atoms with Crippen LogP contribution in [0.1, 0.15) is 25.3 Å². The van der Waals surface area contributed by atoms with Crippen molar-refractivity contribution in [3.05, 3.63) is 35.9 Å². The Labute approximate surface area is 116 Å². The van der Waals surface area contributed by atoms with Crippen LogP contribution in [0.2, 0.25) is 0 Å². The average molecular weight is 259 g/mol. The minimum absolute atomic E-state index is 0.966. The first-order valence-electron chi connectivity index (χ1n) is 7.39. The number of nitrogens with zero attached hydrogens (tertiary/aromatic N) is 3. The van der Waals surface area contributed by atoms with Crippen molar-refractivity contribution >= 4 is 6.34 Å². The van der Waals surface area contributed by atoms with Crippen LogP contribution >= 0.6 is 0 Å². The van der Waals surface area contributed by atoms with E-state index >= 15 is 0 Å². The Balaban J connectivity index is 1.82. The van der Waals surface area contributed by atoms with E-state index in [9.17, 15) is 0 Å². The molecule has 0 unspecified atom stereocenters. The van der Waals surface area contributed by atoms with E-state index in [-0.39, 0.29) is 0 Å². The summed E-state index contributed by atoms with van der Waals surface area (Å²) >= 11 is 0. The van der Waals surface area contributed by atoms with Crippen LogP contribution in [0.25, 0.3) is 0 Å². The Morgan fingerprint density at radius 2 is 2.05 bits per heavy atom. The monoisotopic (exact) mass is 259 g/mol. The highest BCUT2D eigenvalue weighted by molar-refractivity contribution is 5.56. The molecule has 0 fully saturated rings. The van der Waals surface area contributed by atoms with Gasteiger partial charge in [0, 0.05) is 26.2 Å². The van der Waals surface area contributed by atoms with Gasteiger partial charge in [0.2, 0.25) is 0 Å². The number of benzene rings is 1. The molecule has 2 rings (SSSR count). The molecule has 0 aliphatic carbocycles. The lowest BCUT2D eigenvalue weighted by atomic mass is 10.2. The average Bonchev–Trinajstić information content (AvgIpc) is 2.96. The molecule has 0 amide bonds. The van der Waals surface area contributed by atoms with Crippen LogP contribution in [0.5, 0.6) is 0 Å². The van der Waals surface area contributed by atoms with Crippen molar-refractivity contribution < 1.29 is 0 Å². The van der Waals surface area contributed by atoms with Gasteiger partial charge >= 0.3 is 0 Å². The molecular formula is C16H25N3. The van der Waals surface area contributed by atoms with Gasteiger partial charge in [0.1, 0.15) is 0 Å². The number of unbranched alkanes of at least 4 members (excludes halogenated alkanes) is 1. The molecule has 1 aliphatic rings. The minimum atomic E-state index is 0.966. The van der Waals surface area contributed by atoms with Gasteiger partial charge in [-0.25, -0.2) is 0 Å². The Morgan fingerprint density at radius 3 is 2.74 bits per heavy atom. The summed E-state index contributed by atoms with van der Waals surface area (Å²) in [4.78, 5) is 9.16. The third-order valence-electron chi connectivity index (χ3n) is 3.54. The maximum absolute atomic E-state index is 4.27. The largest absolute Gasteiger partial charge is 0.360 e. The van der Waals surface area contributed by atoms with Gasteiger partial charge in [-0.1, -0.05) is 43.7 Å². The molecule has 0 radical (unpaired) electrons. The second kappa shape index (κ2) is 7.95. The van der Waals surface area contributed by atoms with Crippen molar-refractivity contribution in [1.82, 2.24) is 9.80 Å². The summed E-state index contributed by atoms with van der Waals surface area (Å²) in [6, 6.07) is 10.8. The topological polar surface area (TPSA) is 18.8 Å². The maximum atomic E-state index is 4.27. The van der Waals surface area contributed by atoms with Gasteiger partial charge < -0.3 is 4.90 Å². The SMILES string of the molecule is CCCCN(CCN1C=NCC1)Cc1ccccc1. The molecule has 0 saturated heterocycles. The summed E-state index contributed by atoms with van der Waals surface area (Å²) in [6.45, 7) is 8.79. The Bertz CT molecular complexity index is 375. The van der Waals surface area contributed by atoms with Crippen LogP contribution < -0.4 is 0 Å². The Hall–Kier alpha value is -1.35. The first-order chi connectivity index (χ1) is 9.38. The van der Waals surface area contributed by atoms with Crippen LogP contribution in [0.15, 0.2) is 35.3 Å². The molecule has 0 bridgehead atoms. The highest BCUT2D eigenvalue weighted by Crippen LogP contribution is 2.06. The summed E-state index contributed by atoms with van der Waals surface area (Å²) in [5.74, 6) is 0. The normalized spacial score (nSPS) is 14.5. The predicted molar refractivity (Wildman–Crippen MR) is 81.6 cm³/mol. The van der Waals surface area contributed by atoms with Gasteiger partial charge in [-0.05, 0) is 18.5 Å². The molecule has 1 heterocycles. The summed E-state index contributed by atoms with van der Waals surface area (Å²) in [5.41, 5.74) is 1.41. The Morgan fingerprint density at radius 1 is 1.21 bits per heavy atom. The lowest BCUT2D eigenvalue weighted by Crippen LogP contribution is -2.34. The maximum Gasteiger partial charge on any atom is 0.0851 e. The third kappa shape index (κ3) is 5.03. The zero-order valence-electron chi connectivity index (χ0n) is 12.0. The van der Waals surface area contributed by atoms with Gasteiger partial charge in [-0.15, -0.1) is 0 Å². The number of hydrogen-bond acceptors (Lipinski definition) is 3. The van der Waals surface area contributed by atoms with Gasteiger partial charge in [0.05, 0.1) is 12.9 Å². The van der Waals surface area contributed by atoms with Gasteiger partial charge in [0.15, 0.2) is 0 Å². The first kappa shape index (κ1) is 14.1. The van der Waals surface area contributed by atoms with Crippen molar-refractivity contribution in [1.29, 1.82) is 0 Å². The summed E-state index contributed by atoms with van der Waals surface area (Å²) in [6.07, 6.45) is 4.54. The van der Waals surface area contributed by atoms with Gasteiger partial charge in [0.25, 0.3) is 0 Å². The lowest BCUT2D eigenvalue weighted by Gasteiger charge is -2.25. The number of rotatable bonds is 8. The molecule has 19 heavy (non-hydrogen) atoms.